The number of carbonyl (C=O) groups excluding carboxylic acids is 1. The summed E-state index contributed by atoms with van der Waals surface area (Å²) in [5.74, 6) is -0.258. The molecule has 104 valence electrons. The molecule has 20 heavy (non-hydrogen) atoms. The lowest BCUT2D eigenvalue weighted by Gasteiger charge is -2.10. The lowest BCUT2D eigenvalue weighted by Crippen LogP contribution is -2.14. The first-order valence-corrected chi connectivity index (χ1v) is 7.53. The highest BCUT2D eigenvalue weighted by Crippen LogP contribution is 2.25. The van der Waals surface area contributed by atoms with E-state index in [1.165, 1.54) is 6.20 Å². The van der Waals surface area contributed by atoms with Crippen LogP contribution in [0.4, 0.5) is 11.4 Å². The Kier molecular flexibility index (Phi) is 4.67. The predicted molar refractivity (Wildman–Crippen MR) is 88.2 cm³/mol. The van der Waals surface area contributed by atoms with Crippen LogP contribution in [0.3, 0.4) is 0 Å². The van der Waals surface area contributed by atoms with Crippen molar-refractivity contribution in [2.75, 3.05) is 11.1 Å². The highest BCUT2D eigenvalue weighted by molar-refractivity contribution is 9.10. The number of amides is 1. The quantitative estimate of drug-likeness (QED) is 0.560. The largest absolute Gasteiger partial charge is 0.398 e. The van der Waals surface area contributed by atoms with Gasteiger partial charge in [0.15, 0.2) is 0 Å². The second kappa shape index (κ2) is 6.11. The van der Waals surface area contributed by atoms with Crippen molar-refractivity contribution in [1.29, 1.82) is 0 Å². The summed E-state index contributed by atoms with van der Waals surface area (Å²) in [5, 5.41) is 3.09. The fourth-order valence-electron chi connectivity index (χ4n) is 1.62. The average molecular weight is 420 g/mol. The molecule has 4 nitrogen and oxygen atoms in total. The van der Waals surface area contributed by atoms with Gasteiger partial charge in [0.1, 0.15) is 5.15 Å². The van der Waals surface area contributed by atoms with Crippen LogP contribution in [0, 0.1) is 6.92 Å². The minimum absolute atomic E-state index is 0.258. The van der Waals surface area contributed by atoms with E-state index in [0.717, 1.165) is 10.0 Å². The van der Waals surface area contributed by atoms with Crippen molar-refractivity contribution >= 4 is 60.7 Å². The third-order valence-electron chi connectivity index (χ3n) is 2.71. The van der Waals surface area contributed by atoms with Gasteiger partial charge in [-0.2, -0.15) is 0 Å². The van der Waals surface area contributed by atoms with E-state index in [1.54, 1.807) is 25.1 Å². The number of rotatable bonds is 2. The number of hydrogen-bond acceptors (Lipinski definition) is 3. The van der Waals surface area contributed by atoms with Gasteiger partial charge in [0.2, 0.25) is 0 Å². The summed E-state index contributed by atoms with van der Waals surface area (Å²) in [6.45, 7) is 1.80. The number of anilines is 2. The van der Waals surface area contributed by atoms with Crippen molar-refractivity contribution in [2.24, 2.45) is 0 Å². The van der Waals surface area contributed by atoms with Crippen LogP contribution in [-0.2, 0) is 0 Å². The summed E-state index contributed by atoms with van der Waals surface area (Å²) in [5.41, 5.74) is 8.18. The van der Waals surface area contributed by atoms with E-state index in [1.807, 2.05) is 0 Å². The van der Waals surface area contributed by atoms with E-state index in [4.69, 9.17) is 17.3 Å². The summed E-state index contributed by atoms with van der Waals surface area (Å²) in [6.07, 6.45) is 1.49. The van der Waals surface area contributed by atoms with E-state index < -0.39 is 0 Å². The highest BCUT2D eigenvalue weighted by Gasteiger charge is 2.13. The molecule has 0 aliphatic rings. The van der Waals surface area contributed by atoms with Crippen LogP contribution in [0.15, 0.2) is 33.3 Å². The first kappa shape index (κ1) is 15.3. The summed E-state index contributed by atoms with van der Waals surface area (Å²) in [4.78, 5) is 16.2. The van der Waals surface area contributed by atoms with Gasteiger partial charge in [-0.05, 0) is 46.6 Å². The second-order valence-corrected chi connectivity index (χ2v) is 6.25. The van der Waals surface area contributed by atoms with Gasteiger partial charge in [-0.25, -0.2) is 4.98 Å². The number of halogens is 3. The van der Waals surface area contributed by atoms with Gasteiger partial charge in [-0.3, -0.25) is 4.79 Å². The number of nitrogens with two attached hydrogens (primary N) is 1. The molecule has 0 aliphatic carbocycles. The van der Waals surface area contributed by atoms with E-state index in [9.17, 15) is 4.79 Å². The van der Waals surface area contributed by atoms with Crippen LogP contribution >= 0.6 is 43.5 Å². The molecule has 7 heteroatoms. The van der Waals surface area contributed by atoms with Gasteiger partial charge >= 0.3 is 0 Å². The number of pyridine rings is 1. The van der Waals surface area contributed by atoms with Crippen LogP contribution in [0.25, 0.3) is 0 Å². The van der Waals surface area contributed by atoms with Crippen molar-refractivity contribution < 1.29 is 4.79 Å². The predicted octanol–water partition coefficient (Wildman–Crippen LogP) is 4.40. The average Bonchev–Trinajstić information content (AvgIpc) is 2.38. The summed E-state index contributed by atoms with van der Waals surface area (Å²) in [6, 6.07) is 5.16. The molecule has 0 atom stereocenters. The first-order valence-electron chi connectivity index (χ1n) is 5.56. The molecule has 0 radical (unpaired) electrons. The van der Waals surface area contributed by atoms with Crippen molar-refractivity contribution in [3.05, 3.63) is 49.6 Å². The molecule has 0 bridgehead atoms. The minimum Gasteiger partial charge on any atom is -0.398 e. The number of nitrogens with one attached hydrogen (secondary N) is 1. The zero-order chi connectivity index (χ0) is 14.9. The molecule has 1 aromatic heterocycles. The van der Waals surface area contributed by atoms with Crippen molar-refractivity contribution in [2.45, 2.75) is 6.92 Å². The highest BCUT2D eigenvalue weighted by atomic mass is 79.9. The van der Waals surface area contributed by atoms with Gasteiger partial charge in [0, 0.05) is 15.7 Å². The number of nitrogen functional groups attached to an aromatic ring is 1. The van der Waals surface area contributed by atoms with Gasteiger partial charge in [-0.1, -0.05) is 27.5 Å². The van der Waals surface area contributed by atoms with Crippen molar-refractivity contribution in [3.8, 4) is 0 Å². The first-order chi connectivity index (χ1) is 9.38. The Morgan fingerprint density at radius 3 is 2.70 bits per heavy atom. The van der Waals surface area contributed by atoms with Gasteiger partial charge in [0.25, 0.3) is 5.91 Å². The molecule has 1 aromatic carbocycles. The molecule has 2 aromatic rings. The molecular formula is C13H10Br2ClN3O. The van der Waals surface area contributed by atoms with Crippen LogP contribution in [-0.4, -0.2) is 10.9 Å². The second-order valence-electron chi connectivity index (χ2n) is 4.12. The van der Waals surface area contributed by atoms with E-state index >= 15 is 0 Å². The number of nitrogens with zero attached hydrogens (tertiary/aromatic N) is 1. The normalized spacial score (nSPS) is 10.4. The minimum atomic E-state index is -0.258. The molecule has 2 rings (SSSR count). The Morgan fingerprint density at radius 2 is 2.05 bits per heavy atom. The molecule has 0 fully saturated rings. The van der Waals surface area contributed by atoms with Crippen molar-refractivity contribution in [1.82, 2.24) is 4.98 Å². The lowest BCUT2D eigenvalue weighted by atomic mass is 10.1. The third kappa shape index (κ3) is 3.31. The van der Waals surface area contributed by atoms with Crippen LogP contribution < -0.4 is 11.1 Å². The lowest BCUT2D eigenvalue weighted by molar-refractivity contribution is 0.102. The molecule has 0 saturated heterocycles. The van der Waals surface area contributed by atoms with Crippen molar-refractivity contribution in [3.63, 3.8) is 0 Å². The Bertz CT molecular complexity index is 692. The monoisotopic (exact) mass is 417 g/mol. The molecular weight excluding hydrogens is 409 g/mol. The molecule has 3 N–H and O–H groups in total. The van der Waals surface area contributed by atoms with E-state index in [0.29, 0.717) is 26.6 Å². The van der Waals surface area contributed by atoms with Gasteiger partial charge < -0.3 is 11.1 Å². The number of benzene rings is 1. The van der Waals surface area contributed by atoms with Crippen LogP contribution in [0.5, 0.6) is 0 Å². The van der Waals surface area contributed by atoms with E-state index in [2.05, 4.69) is 42.2 Å². The Labute approximate surface area is 138 Å². The van der Waals surface area contributed by atoms with Crippen LogP contribution in [0.2, 0.25) is 5.15 Å². The SMILES string of the molecule is Cc1c(N)cc(Br)cc1C(=O)Nc1cnc(Cl)c(Br)c1. The Balaban J connectivity index is 2.30. The zero-order valence-corrected chi connectivity index (χ0v) is 14.3. The van der Waals surface area contributed by atoms with Gasteiger partial charge in [0.05, 0.1) is 16.4 Å². The number of aromatic nitrogens is 1. The maximum atomic E-state index is 12.3. The molecule has 0 saturated carbocycles. The maximum Gasteiger partial charge on any atom is 0.256 e. The summed E-state index contributed by atoms with van der Waals surface area (Å²) >= 11 is 12.4. The van der Waals surface area contributed by atoms with E-state index in [-0.39, 0.29) is 5.91 Å². The zero-order valence-electron chi connectivity index (χ0n) is 10.4. The maximum absolute atomic E-state index is 12.3. The fourth-order valence-corrected chi connectivity index (χ4v) is 2.55. The molecule has 1 amide bonds. The van der Waals surface area contributed by atoms with Crippen LogP contribution in [0.1, 0.15) is 15.9 Å². The smallest absolute Gasteiger partial charge is 0.256 e. The third-order valence-corrected chi connectivity index (χ3v) is 4.30. The Morgan fingerprint density at radius 1 is 1.35 bits per heavy atom. The number of hydrogen-bond donors (Lipinski definition) is 2. The molecule has 0 unspecified atom stereocenters. The molecule has 0 spiro atoms. The molecule has 1 heterocycles. The van der Waals surface area contributed by atoms with Gasteiger partial charge in [-0.15, -0.1) is 0 Å². The Hall–Kier alpha value is -1.11. The molecule has 0 aliphatic heterocycles. The fraction of sp³-hybridized carbons (Fsp3) is 0.0769. The summed E-state index contributed by atoms with van der Waals surface area (Å²) in [7, 11) is 0. The topological polar surface area (TPSA) is 68.0 Å². The summed E-state index contributed by atoms with van der Waals surface area (Å²) < 4.78 is 1.36. The standard InChI is InChI=1S/C13H10Br2ClN3O/c1-6-9(2-7(14)3-11(6)17)13(20)19-8-4-10(15)12(16)18-5-8/h2-5H,17H2,1H3,(H,19,20). The number of carbonyl (C=O) groups is 1.